The molecule has 5 heteroatoms. The Morgan fingerprint density at radius 3 is 2.83 bits per heavy atom. The number of aromatic nitrogens is 1. The van der Waals surface area contributed by atoms with Gasteiger partial charge in [-0.05, 0) is 44.5 Å². The molecule has 2 rings (SSSR count). The number of aryl methyl sites for hydroxylation is 1. The van der Waals surface area contributed by atoms with E-state index in [9.17, 15) is 0 Å². The molecule has 0 spiro atoms. The lowest BCUT2D eigenvalue weighted by Crippen LogP contribution is -2.33. The zero-order valence-electron chi connectivity index (χ0n) is 14.6. The number of nitrogens with two attached hydrogens (primary N) is 1. The van der Waals surface area contributed by atoms with E-state index in [1.807, 2.05) is 51.1 Å². The number of nitrogens with zero attached hydrogens (tertiary/aromatic N) is 2. The highest BCUT2D eigenvalue weighted by Gasteiger charge is 2.06. The molecule has 1 aromatic heterocycles. The first-order valence-corrected chi connectivity index (χ1v) is 8.24. The highest BCUT2D eigenvalue weighted by molar-refractivity contribution is 5.77. The minimum atomic E-state index is 0.128. The smallest absolute Gasteiger partial charge is 0.188 e. The van der Waals surface area contributed by atoms with Crippen molar-refractivity contribution in [2.75, 3.05) is 6.54 Å². The quantitative estimate of drug-likeness (QED) is 0.606. The summed E-state index contributed by atoms with van der Waals surface area (Å²) in [5.41, 5.74) is 9.17. The molecule has 0 amide bonds. The second kappa shape index (κ2) is 8.91. The average molecular weight is 326 g/mol. The summed E-state index contributed by atoms with van der Waals surface area (Å²) in [5, 5.41) is 3.12. The number of aliphatic imine (C=N–C) groups is 1. The molecule has 0 bridgehead atoms. The molecule has 1 aromatic carbocycles. The second-order valence-electron chi connectivity index (χ2n) is 5.98. The minimum absolute atomic E-state index is 0.128. The summed E-state index contributed by atoms with van der Waals surface area (Å²) < 4.78 is 5.86. The zero-order valence-corrected chi connectivity index (χ0v) is 14.6. The van der Waals surface area contributed by atoms with Gasteiger partial charge < -0.3 is 15.8 Å². The molecular weight excluding hydrogens is 300 g/mol. The van der Waals surface area contributed by atoms with Gasteiger partial charge in [0.1, 0.15) is 5.75 Å². The number of hydrogen-bond acceptors (Lipinski definition) is 3. The second-order valence-corrected chi connectivity index (χ2v) is 5.98. The van der Waals surface area contributed by atoms with Gasteiger partial charge in [0.05, 0.1) is 12.6 Å². The Bertz CT molecular complexity index is 668. The predicted molar refractivity (Wildman–Crippen MR) is 98.2 cm³/mol. The molecule has 5 nitrogen and oxygen atoms in total. The van der Waals surface area contributed by atoms with Crippen LogP contribution in [0.3, 0.4) is 0 Å². The van der Waals surface area contributed by atoms with Gasteiger partial charge in [0, 0.05) is 30.4 Å². The molecule has 0 fully saturated rings. The molecule has 3 N–H and O–H groups in total. The van der Waals surface area contributed by atoms with E-state index in [-0.39, 0.29) is 6.10 Å². The number of pyridine rings is 1. The van der Waals surface area contributed by atoms with Crippen molar-refractivity contribution in [2.24, 2.45) is 10.7 Å². The van der Waals surface area contributed by atoms with Crippen LogP contribution in [0, 0.1) is 6.92 Å². The van der Waals surface area contributed by atoms with Gasteiger partial charge in [-0.25, -0.2) is 4.99 Å². The molecule has 24 heavy (non-hydrogen) atoms. The van der Waals surface area contributed by atoms with Crippen LogP contribution in [-0.2, 0) is 13.0 Å². The topological polar surface area (TPSA) is 72.5 Å². The normalized spacial score (nSPS) is 11.6. The average Bonchev–Trinajstić information content (AvgIpc) is 2.54. The first-order chi connectivity index (χ1) is 11.5. The van der Waals surface area contributed by atoms with E-state index in [0.29, 0.717) is 19.0 Å². The summed E-state index contributed by atoms with van der Waals surface area (Å²) in [5.74, 6) is 1.30. The van der Waals surface area contributed by atoms with Crippen LogP contribution in [0.2, 0.25) is 0 Å². The van der Waals surface area contributed by atoms with E-state index in [1.54, 1.807) is 6.20 Å². The third-order valence-electron chi connectivity index (χ3n) is 3.42. The van der Waals surface area contributed by atoms with E-state index in [4.69, 9.17) is 10.5 Å². The number of hydrogen-bond donors (Lipinski definition) is 2. The zero-order chi connectivity index (χ0) is 17.4. The monoisotopic (exact) mass is 326 g/mol. The molecule has 0 saturated heterocycles. The summed E-state index contributed by atoms with van der Waals surface area (Å²) >= 11 is 0. The lowest BCUT2D eigenvalue weighted by molar-refractivity contribution is 0.240. The largest absolute Gasteiger partial charge is 0.491 e. The standard InChI is InChI=1S/C19H26N4O/c1-14(2)24-18-12-15(3)7-8-16(18)13-23-19(20)22-11-9-17-6-4-5-10-21-17/h4-8,10,12,14H,9,11,13H2,1-3H3,(H3,20,22,23). The van der Waals surface area contributed by atoms with Crippen LogP contribution in [0.15, 0.2) is 47.6 Å². The summed E-state index contributed by atoms with van der Waals surface area (Å²) in [6, 6.07) is 12.0. The van der Waals surface area contributed by atoms with Crippen LogP contribution in [0.5, 0.6) is 5.75 Å². The van der Waals surface area contributed by atoms with Crippen molar-refractivity contribution < 1.29 is 4.74 Å². The number of benzene rings is 1. The molecule has 0 aliphatic rings. The number of guanidine groups is 1. The fourth-order valence-corrected chi connectivity index (χ4v) is 2.25. The molecule has 0 saturated carbocycles. The van der Waals surface area contributed by atoms with Crippen molar-refractivity contribution in [3.05, 3.63) is 59.4 Å². The number of rotatable bonds is 7. The van der Waals surface area contributed by atoms with Crippen molar-refractivity contribution >= 4 is 5.96 Å². The Morgan fingerprint density at radius 2 is 2.12 bits per heavy atom. The van der Waals surface area contributed by atoms with Gasteiger partial charge in [-0.15, -0.1) is 0 Å². The maximum atomic E-state index is 5.94. The van der Waals surface area contributed by atoms with Crippen LogP contribution in [0.4, 0.5) is 0 Å². The van der Waals surface area contributed by atoms with Gasteiger partial charge in [-0.1, -0.05) is 18.2 Å². The van der Waals surface area contributed by atoms with Crippen molar-refractivity contribution in [3.63, 3.8) is 0 Å². The summed E-state index contributed by atoms with van der Waals surface area (Å²) in [6.07, 6.45) is 2.73. The van der Waals surface area contributed by atoms with Crippen LogP contribution < -0.4 is 15.8 Å². The van der Waals surface area contributed by atoms with Gasteiger partial charge in [0.25, 0.3) is 0 Å². The van der Waals surface area contributed by atoms with E-state index >= 15 is 0 Å². The van der Waals surface area contributed by atoms with E-state index in [1.165, 1.54) is 5.56 Å². The van der Waals surface area contributed by atoms with Crippen LogP contribution >= 0.6 is 0 Å². The molecule has 1 heterocycles. The van der Waals surface area contributed by atoms with Crippen molar-refractivity contribution in [2.45, 2.75) is 39.8 Å². The first kappa shape index (κ1) is 17.8. The summed E-state index contributed by atoms with van der Waals surface area (Å²) in [6.45, 7) is 7.28. The Morgan fingerprint density at radius 1 is 1.29 bits per heavy atom. The van der Waals surface area contributed by atoms with Crippen LogP contribution in [-0.4, -0.2) is 23.6 Å². The first-order valence-electron chi connectivity index (χ1n) is 8.24. The molecule has 0 aliphatic carbocycles. The van der Waals surface area contributed by atoms with E-state index < -0.39 is 0 Å². The SMILES string of the molecule is Cc1ccc(CN=C(N)NCCc2ccccn2)c(OC(C)C)c1. The Hall–Kier alpha value is -2.56. The third-order valence-corrected chi connectivity index (χ3v) is 3.42. The number of nitrogens with one attached hydrogen (secondary N) is 1. The van der Waals surface area contributed by atoms with Crippen molar-refractivity contribution in [1.29, 1.82) is 0 Å². The highest BCUT2D eigenvalue weighted by Crippen LogP contribution is 2.22. The van der Waals surface area contributed by atoms with E-state index in [0.717, 1.165) is 23.4 Å². The summed E-state index contributed by atoms with van der Waals surface area (Å²) in [7, 11) is 0. The van der Waals surface area contributed by atoms with Gasteiger partial charge in [-0.3, -0.25) is 4.98 Å². The minimum Gasteiger partial charge on any atom is -0.491 e. The fourth-order valence-electron chi connectivity index (χ4n) is 2.25. The molecule has 0 atom stereocenters. The maximum absolute atomic E-state index is 5.94. The molecule has 128 valence electrons. The molecule has 0 aliphatic heterocycles. The Labute approximate surface area is 144 Å². The Balaban J connectivity index is 1.89. The van der Waals surface area contributed by atoms with E-state index in [2.05, 4.69) is 21.4 Å². The Kier molecular flexibility index (Phi) is 6.61. The van der Waals surface area contributed by atoms with Gasteiger partial charge in [0.15, 0.2) is 5.96 Å². The van der Waals surface area contributed by atoms with Gasteiger partial charge >= 0.3 is 0 Å². The fraction of sp³-hybridized carbons (Fsp3) is 0.368. The van der Waals surface area contributed by atoms with Crippen LogP contribution in [0.1, 0.15) is 30.7 Å². The molecule has 0 unspecified atom stereocenters. The van der Waals surface area contributed by atoms with Crippen LogP contribution in [0.25, 0.3) is 0 Å². The lowest BCUT2D eigenvalue weighted by Gasteiger charge is -2.14. The molecular formula is C19H26N4O. The van der Waals surface area contributed by atoms with Crippen molar-refractivity contribution in [1.82, 2.24) is 10.3 Å². The lowest BCUT2D eigenvalue weighted by atomic mass is 10.1. The predicted octanol–water partition coefficient (Wildman–Crippen LogP) is 2.82. The highest BCUT2D eigenvalue weighted by atomic mass is 16.5. The maximum Gasteiger partial charge on any atom is 0.188 e. The molecule has 0 radical (unpaired) electrons. The van der Waals surface area contributed by atoms with Gasteiger partial charge in [-0.2, -0.15) is 0 Å². The number of ether oxygens (including phenoxy) is 1. The summed E-state index contributed by atoms with van der Waals surface area (Å²) in [4.78, 5) is 8.69. The molecule has 2 aromatic rings. The van der Waals surface area contributed by atoms with Crippen molar-refractivity contribution in [3.8, 4) is 5.75 Å². The third kappa shape index (κ3) is 5.91. The van der Waals surface area contributed by atoms with Gasteiger partial charge in [0.2, 0.25) is 0 Å².